The zero-order valence-corrected chi connectivity index (χ0v) is 12.7. The molecule has 0 heterocycles. The van der Waals surface area contributed by atoms with Gasteiger partial charge in [0.25, 0.3) is 5.69 Å². The number of carbonyl (C=O) groups is 1. The van der Waals surface area contributed by atoms with Gasteiger partial charge in [0.1, 0.15) is 5.69 Å². The predicted molar refractivity (Wildman–Crippen MR) is 82.5 cm³/mol. The zero-order valence-electron chi connectivity index (χ0n) is 10.3. The molecule has 0 radical (unpaired) electrons. The molecule has 0 amide bonds. The van der Waals surface area contributed by atoms with Crippen molar-refractivity contribution in [2.75, 3.05) is 5.32 Å². The monoisotopic (exact) mass is 370 g/mol. The highest BCUT2D eigenvalue weighted by Crippen LogP contribution is 2.31. The summed E-state index contributed by atoms with van der Waals surface area (Å²) < 4.78 is 0.670. The maximum atomic E-state index is 11.0. The first-order valence-electron chi connectivity index (χ1n) is 5.62. The lowest BCUT2D eigenvalue weighted by molar-refractivity contribution is -0.383. The minimum absolute atomic E-state index is 0.0361. The lowest BCUT2D eigenvalue weighted by Crippen LogP contribution is -2.00. The number of hydrogen-bond acceptors (Lipinski definition) is 4. The minimum Gasteiger partial charge on any atom is -0.478 e. The number of nitro benzene ring substituents is 1. The molecule has 0 saturated carbocycles. The van der Waals surface area contributed by atoms with E-state index in [9.17, 15) is 14.9 Å². The molecule has 0 spiro atoms. The number of aromatic carboxylic acids is 1. The fourth-order valence-corrected chi connectivity index (χ4v) is 2.31. The first kappa shape index (κ1) is 15.3. The van der Waals surface area contributed by atoms with Crippen molar-refractivity contribution in [3.63, 3.8) is 0 Å². The van der Waals surface area contributed by atoms with Crippen molar-refractivity contribution < 1.29 is 14.8 Å². The number of carboxylic acids is 1. The van der Waals surface area contributed by atoms with E-state index in [-0.39, 0.29) is 22.0 Å². The first-order valence-corrected chi connectivity index (χ1v) is 6.79. The molecule has 108 valence electrons. The third kappa shape index (κ3) is 3.50. The van der Waals surface area contributed by atoms with Crippen molar-refractivity contribution in [2.24, 2.45) is 0 Å². The molecule has 2 aromatic carbocycles. The number of anilines is 2. The van der Waals surface area contributed by atoms with Crippen LogP contribution in [0.15, 0.2) is 40.9 Å². The van der Waals surface area contributed by atoms with Crippen LogP contribution in [0, 0.1) is 10.1 Å². The third-order valence-corrected chi connectivity index (χ3v) is 3.44. The van der Waals surface area contributed by atoms with Gasteiger partial charge in [-0.3, -0.25) is 10.1 Å². The van der Waals surface area contributed by atoms with Crippen LogP contribution in [0.2, 0.25) is 5.02 Å². The van der Waals surface area contributed by atoms with E-state index in [1.54, 1.807) is 12.1 Å². The lowest BCUT2D eigenvalue weighted by atomic mass is 10.2. The number of nitro groups is 1. The SMILES string of the molecule is O=C(O)c1ccc(Nc2cc(Br)ccc2[N+](=O)[O-])cc1Cl. The molecular weight excluding hydrogens is 364 g/mol. The number of carboxylic acid groups (broad SMARTS) is 1. The fourth-order valence-electron chi connectivity index (χ4n) is 1.69. The molecule has 2 aromatic rings. The molecule has 2 rings (SSSR count). The maximum Gasteiger partial charge on any atom is 0.337 e. The lowest BCUT2D eigenvalue weighted by Gasteiger charge is -2.09. The first-order chi connectivity index (χ1) is 9.88. The maximum absolute atomic E-state index is 11.0. The minimum atomic E-state index is -1.14. The quantitative estimate of drug-likeness (QED) is 0.612. The molecule has 0 unspecified atom stereocenters. The molecular formula is C13H8BrClN2O4. The fraction of sp³-hybridized carbons (Fsp3) is 0. The van der Waals surface area contributed by atoms with Gasteiger partial charge in [-0.05, 0) is 30.3 Å². The molecule has 0 fully saturated rings. The molecule has 6 nitrogen and oxygen atoms in total. The van der Waals surface area contributed by atoms with E-state index >= 15 is 0 Å². The molecule has 0 aliphatic rings. The Bertz CT molecular complexity index is 736. The van der Waals surface area contributed by atoms with Gasteiger partial charge in [0.05, 0.1) is 15.5 Å². The van der Waals surface area contributed by atoms with E-state index in [0.717, 1.165) is 0 Å². The molecule has 0 bridgehead atoms. The highest BCUT2D eigenvalue weighted by atomic mass is 79.9. The van der Waals surface area contributed by atoms with Crippen LogP contribution in [0.5, 0.6) is 0 Å². The summed E-state index contributed by atoms with van der Waals surface area (Å²) in [4.78, 5) is 21.3. The van der Waals surface area contributed by atoms with Crippen LogP contribution >= 0.6 is 27.5 Å². The van der Waals surface area contributed by atoms with Gasteiger partial charge in [-0.2, -0.15) is 0 Å². The molecule has 8 heteroatoms. The average molecular weight is 372 g/mol. The van der Waals surface area contributed by atoms with E-state index in [1.807, 2.05) is 0 Å². The Kier molecular flexibility index (Phi) is 4.44. The summed E-state index contributed by atoms with van der Waals surface area (Å²) in [6.07, 6.45) is 0. The number of rotatable bonds is 4. The average Bonchev–Trinajstić information content (AvgIpc) is 2.37. The highest BCUT2D eigenvalue weighted by molar-refractivity contribution is 9.10. The molecule has 0 saturated heterocycles. The largest absolute Gasteiger partial charge is 0.478 e. The summed E-state index contributed by atoms with van der Waals surface area (Å²) in [6.45, 7) is 0. The Balaban J connectivity index is 2.38. The van der Waals surface area contributed by atoms with Gasteiger partial charge in [0.15, 0.2) is 0 Å². The second-order valence-corrected chi connectivity index (χ2v) is 5.37. The highest BCUT2D eigenvalue weighted by Gasteiger charge is 2.15. The van der Waals surface area contributed by atoms with Crippen LogP contribution in [0.3, 0.4) is 0 Å². The van der Waals surface area contributed by atoms with Crippen molar-refractivity contribution in [2.45, 2.75) is 0 Å². The van der Waals surface area contributed by atoms with Crippen LogP contribution in [-0.2, 0) is 0 Å². The van der Waals surface area contributed by atoms with Gasteiger partial charge in [-0.25, -0.2) is 4.79 Å². The van der Waals surface area contributed by atoms with E-state index in [4.69, 9.17) is 16.7 Å². The number of nitrogens with zero attached hydrogens (tertiary/aromatic N) is 1. The van der Waals surface area contributed by atoms with Gasteiger partial charge in [0, 0.05) is 16.2 Å². The second-order valence-electron chi connectivity index (χ2n) is 4.04. The van der Waals surface area contributed by atoms with Crippen molar-refractivity contribution in [3.05, 3.63) is 61.6 Å². The summed E-state index contributed by atoms with van der Waals surface area (Å²) in [5.41, 5.74) is 0.585. The van der Waals surface area contributed by atoms with Crippen molar-refractivity contribution in [3.8, 4) is 0 Å². The van der Waals surface area contributed by atoms with E-state index in [0.29, 0.717) is 10.2 Å². The summed E-state index contributed by atoms with van der Waals surface area (Å²) in [5.74, 6) is -1.14. The van der Waals surface area contributed by atoms with E-state index < -0.39 is 10.9 Å². The van der Waals surface area contributed by atoms with Gasteiger partial charge in [-0.15, -0.1) is 0 Å². The summed E-state index contributed by atoms with van der Waals surface area (Å²) in [5, 5.41) is 22.8. The smallest absolute Gasteiger partial charge is 0.337 e. The molecule has 2 N–H and O–H groups in total. The number of benzene rings is 2. The predicted octanol–water partition coefficient (Wildman–Crippen LogP) is 4.45. The Morgan fingerprint density at radius 1 is 1.29 bits per heavy atom. The standard InChI is InChI=1S/C13H8BrClN2O4/c14-7-1-4-12(17(20)21)11(5-7)16-8-2-3-9(13(18)19)10(15)6-8/h1-6,16H,(H,18,19). The van der Waals surface area contributed by atoms with Gasteiger partial charge < -0.3 is 10.4 Å². The zero-order chi connectivity index (χ0) is 15.6. The van der Waals surface area contributed by atoms with E-state index in [2.05, 4.69) is 21.2 Å². The van der Waals surface area contributed by atoms with Crippen molar-refractivity contribution >= 4 is 50.6 Å². The molecule has 0 atom stereocenters. The van der Waals surface area contributed by atoms with Gasteiger partial charge in [0.2, 0.25) is 0 Å². The number of halogens is 2. The molecule has 0 aliphatic carbocycles. The number of hydrogen-bond donors (Lipinski definition) is 2. The van der Waals surface area contributed by atoms with Crippen LogP contribution in [0.25, 0.3) is 0 Å². The summed E-state index contributed by atoms with van der Waals surface area (Å²) in [6, 6.07) is 8.69. The van der Waals surface area contributed by atoms with Gasteiger partial charge in [-0.1, -0.05) is 27.5 Å². The second kappa shape index (κ2) is 6.11. The Morgan fingerprint density at radius 3 is 2.57 bits per heavy atom. The van der Waals surface area contributed by atoms with Gasteiger partial charge >= 0.3 is 5.97 Å². The van der Waals surface area contributed by atoms with Crippen molar-refractivity contribution in [1.29, 1.82) is 0 Å². The van der Waals surface area contributed by atoms with Crippen LogP contribution in [-0.4, -0.2) is 16.0 Å². The third-order valence-electron chi connectivity index (χ3n) is 2.63. The number of nitrogens with one attached hydrogen (secondary N) is 1. The Morgan fingerprint density at radius 2 is 2.00 bits per heavy atom. The summed E-state index contributed by atoms with van der Waals surface area (Å²) >= 11 is 9.10. The normalized spacial score (nSPS) is 10.2. The topological polar surface area (TPSA) is 92.5 Å². The Hall–Kier alpha value is -2.12. The Labute approximate surface area is 132 Å². The van der Waals surface area contributed by atoms with E-state index in [1.165, 1.54) is 24.3 Å². The molecule has 0 aliphatic heterocycles. The van der Waals surface area contributed by atoms with Crippen LogP contribution < -0.4 is 5.32 Å². The van der Waals surface area contributed by atoms with Crippen LogP contribution in [0.4, 0.5) is 17.1 Å². The van der Waals surface area contributed by atoms with Crippen molar-refractivity contribution in [1.82, 2.24) is 0 Å². The molecule has 0 aromatic heterocycles. The summed E-state index contributed by atoms with van der Waals surface area (Å²) in [7, 11) is 0. The van der Waals surface area contributed by atoms with Crippen LogP contribution in [0.1, 0.15) is 10.4 Å². The molecule has 21 heavy (non-hydrogen) atoms.